The monoisotopic (exact) mass is 290 g/mol. The average Bonchev–Trinajstić information content (AvgIpc) is 2.44. The molecule has 3 heteroatoms. The predicted octanol–water partition coefficient (Wildman–Crippen LogP) is 3.83. The highest BCUT2D eigenvalue weighted by Gasteiger charge is 2.17. The molecule has 1 heterocycles. The van der Waals surface area contributed by atoms with E-state index in [1.165, 1.54) is 24.9 Å². The van der Waals surface area contributed by atoms with Gasteiger partial charge in [-0.1, -0.05) is 6.92 Å². The maximum Gasteiger partial charge on any atom is 0.119 e. The topological polar surface area (TPSA) is 24.5 Å². The summed E-state index contributed by atoms with van der Waals surface area (Å²) in [5.41, 5.74) is 1.31. The van der Waals surface area contributed by atoms with Gasteiger partial charge in [0.15, 0.2) is 0 Å². The second-order valence-corrected chi connectivity index (χ2v) is 6.40. The Kier molecular flexibility index (Phi) is 5.92. The number of rotatable bonds is 4. The van der Waals surface area contributed by atoms with E-state index in [1.807, 2.05) is 0 Å². The first kappa shape index (κ1) is 16.2. The molecule has 1 saturated heterocycles. The summed E-state index contributed by atoms with van der Waals surface area (Å²) < 4.78 is 5.72. The fraction of sp³-hybridized carbons (Fsp3) is 0.667. The molecule has 3 nitrogen and oxygen atoms in total. The Morgan fingerprint density at radius 3 is 2.48 bits per heavy atom. The van der Waals surface area contributed by atoms with Crippen LogP contribution in [0.4, 0.5) is 5.69 Å². The Morgan fingerprint density at radius 1 is 1.19 bits per heavy atom. The molecule has 0 aliphatic carbocycles. The Labute approximate surface area is 129 Å². The third kappa shape index (κ3) is 4.92. The number of benzene rings is 1. The Balaban J connectivity index is 2.01. The van der Waals surface area contributed by atoms with Crippen molar-refractivity contribution >= 4 is 5.69 Å². The molecule has 1 fully saturated rings. The Hall–Kier alpha value is -1.22. The standard InChI is InChI=1S/C18H30N2O/c1-5-16-11-13-20(12-10-15(4)19-16)17-6-8-18(9-7-17)21-14(2)3/h6-9,14-16,19H,5,10-13H2,1-4H3. The largest absolute Gasteiger partial charge is 0.491 e. The molecule has 2 atom stereocenters. The highest BCUT2D eigenvalue weighted by atomic mass is 16.5. The molecule has 1 aromatic rings. The maximum atomic E-state index is 5.72. The van der Waals surface area contributed by atoms with Gasteiger partial charge in [-0.15, -0.1) is 0 Å². The summed E-state index contributed by atoms with van der Waals surface area (Å²) >= 11 is 0. The summed E-state index contributed by atoms with van der Waals surface area (Å²) in [5, 5.41) is 3.72. The van der Waals surface area contributed by atoms with Crippen LogP contribution in [0.2, 0.25) is 0 Å². The highest BCUT2D eigenvalue weighted by Crippen LogP contribution is 2.22. The quantitative estimate of drug-likeness (QED) is 0.912. The van der Waals surface area contributed by atoms with Crippen LogP contribution in [0.15, 0.2) is 24.3 Å². The molecule has 0 saturated carbocycles. The minimum absolute atomic E-state index is 0.231. The lowest BCUT2D eigenvalue weighted by Gasteiger charge is -2.33. The van der Waals surface area contributed by atoms with Gasteiger partial charge in [0.2, 0.25) is 0 Å². The number of nitrogens with zero attached hydrogens (tertiary/aromatic N) is 1. The summed E-state index contributed by atoms with van der Waals surface area (Å²) in [4.78, 5) is 2.51. The molecule has 0 radical (unpaired) electrons. The highest BCUT2D eigenvalue weighted by molar-refractivity contribution is 5.49. The molecule has 1 aliphatic rings. The molecule has 1 aliphatic heterocycles. The van der Waals surface area contributed by atoms with E-state index in [-0.39, 0.29) is 6.10 Å². The van der Waals surface area contributed by atoms with Crippen LogP contribution in [-0.2, 0) is 0 Å². The Bertz CT molecular complexity index is 416. The van der Waals surface area contributed by atoms with Crippen LogP contribution < -0.4 is 15.0 Å². The molecular formula is C18H30N2O. The Morgan fingerprint density at radius 2 is 1.86 bits per heavy atom. The lowest BCUT2D eigenvalue weighted by molar-refractivity contribution is 0.242. The summed E-state index contributed by atoms with van der Waals surface area (Å²) in [7, 11) is 0. The second-order valence-electron chi connectivity index (χ2n) is 6.40. The van der Waals surface area contributed by atoms with E-state index in [4.69, 9.17) is 4.74 Å². The molecule has 2 rings (SSSR count). The number of anilines is 1. The number of nitrogens with one attached hydrogen (secondary N) is 1. The zero-order valence-electron chi connectivity index (χ0n) is 13.9. The van der Waals surface area contributed by atoms with Crippen molar-refractivity contribution in [1.29, 1.82) is 0 Å². The fourth-order valence-corrected chi connectivity index (χ4v) is 2.93. The van der Waals surface area contributed by atoms with Gasteiger partial charge in [0.25, 0.3) is 0 Å². The van der Waals surface area contributed by atoms with Crippen LogP contribution in [0.1, 0.15) is 47.0 Å². The molecule has 0 amide bonds. The van der Waals surface area contributed by atoms with Crippen molar-refractivity contribution < 1.29 is 4.74 Å². The van der Waals surface area contributed by atoms with Crippen molar-refractivity contribution in [2.75, 3.05) is 18.0 Å². The van der Waals surface area contributed by atoms with Gasteiger partial charge in [0, 0.05) is 30.9 Å². The predicted molar refractivity (Wildman–Crippen MR) is 90.3 cm³/mol. The van der Waals surface area contributed by atoms with E-state index in [0.717, 1.165) is 18.8 Å². The minimum Gasteiger partial charge on any atom is -0.491 e. The van der Waals surface area contributed by atoms with Crippen LogP contribution in [0.3, 0.4) is 0 Å². The van der Waals surface area contributed by atoms with Gasteiger partial charge in [-0.3, -0.25) is 0 Å². The first-order valence-electron chi connectivity index (χ1n) is 8.36. The summed E-state index contributed by atoms with van der Waals surface area (Å²) in [6, 6.07) is 9.81. The summed E-state index contributed by atoms with van der Waals surface area (Å²) in [6.07, 6.45) is 3.85. The second kappa shape index (κ2) is 7.69. The van der Waals surface area contributed by atoms with Gasteiger partial charge < -0.3 is 15.0 Å². The van der Waals surface area contributed by atoms with Gasteiger partial charge in [-0.2, -0.15) is 0 Å². The molecular weight excluding hydrogens is 260 g/mol. The van der Waals surface area contributed by atoms with Gasteiger partial charge in [-0.25, -0.2) is 0 Å². The molecule has 0 spiro atoms. The SMILES string of the molecule is CCC1CCN(c2ccc(OC(C)C)cc2)CCC(C)N1. The van der Waals surface area contributed by atoms with Crippen LogP contribution in [0.25, 0.3) is 0 Å². The number of hydrogen-bond acceptors (Lipinski definition) is 3. The van der Waals surface area contributed by atoms with Crippen molar-refractivity contribution in [2.45, 2.75) is 65.1 Å². The van der Waals surface area contributed by atoms with Gasteiger partial charge in [0.05, 0.1) is 6.10 Å². The normalized spacial score (nSPS) is 23.8. The maximum absolute atomic E-state index is 5.72. The van der Waals surface area contributed by atoms with E-state index >= 15 is 0 Å². The molecule has 0 bridgehead atoms. The molecule has 0 aromatic heterocycles. The van der Waals surface area contributed by atoms with Crippen molar-refractivity contribution in [3.8, 4) is 5.75 Å². The number of ether oxygens (including phenoxy) is 1. The third-order valence-corrected chi connectivity index (χ3v) is 4.17. The number of hydrogen-bond donors (Lipinski definition) is 1. The lowest BCUT2D eigenvalue weighted by atomic mass is 10.1. The van der Waals surface area contributed by atoms with E-state index in [2.05, 4.69) is 62.2 Å². The van der Waals surface area contributed by atoms with E-state index in [1.54, 1.807) is 0 Å². The van der Waals surface area contributed by atoms with Gasteiger partial charge in [0.1, 0.15) is 5.75 Å². The first-order valence-corrected chi connectivity index (χ1v) is 8.36. The van der Waals surface area contributed by atoms with Crippen LogP contribution in [0, 0.1) is 0 Å². The van der Waals surface area contributed by atoms with Gasteiger partial charge >= 0.3 is 0 Å². The van der Waals surface area contributed by atoms with E-state index < -0.39 is 0 Å². The molecule has 21 heavy (non-hydrogen) atoms. The summed E-state index contributed by atoms with van der Waals surface area (Å²) in [5.74, 6) is 0.960. The van der Waals surface area contributed by atoms with E-state index in [0.29, 0.717) is 12.1 Å². The smallest absolute Gasteiger partial charge is 0.119 e. The van der Waals surface area contributed by atoms with E-state index in [9.17, 15) is 0 Å². The molecule has 2 unspecified atom stereocenters. The van der Waals surface area contributed by atoms with Crippen LogP contribution >= 0.6 is 0 Å². The summed E-state index contributed by atoms with van der Waals surface area (Å²) in [6.45, 7) is 10.9. The van der Waals surface area contributed by atoms with Gasteiger partial charge in [-0.05, 0) is 64.3 Å². The van der Waals surface area contributed by atoms with Crippen molar-refractivity contribution in [2.24, 2.45) is 0 Å². The minimum atomic E-state index is 0.231. The molecule has 1 N–H and O–H groups in total. The zero-order chi connectivity index (χ0) is 15.2. The van der Waals surface area contributed by atoms with Crippen molar-refractivity contribution in [3.63, 3.8) is 0 Å². The fourth-order valence-electron chi connectivity index (χ4n) is 2.93. The zero-order valence-corrected chi connectivity index (χ0v) is 13.9. The molecule has 118 valence electrons. The first-order chi connectivity index (χ1) is 10.1. The third-order valence-electron chi connectivity index (χ3n) is 4.17. The average molecular weight is 290 g/mol. The van der Waals surface area contributed by atoms with Crippen molar-refractivity contribution in [1.82, 2.24) is 5.32 Å². The van der Waals surface area contributed by atoms with Crippen molar-refractivity contribution in [3.05, 3.63) is 24.3 Å². The van der Waals surface area contributed by atoms with Crippen LogP contribution in [-0.4, -0.2) is 31.3 Å². The van der Waals surface area contributed by atoms with Crippen LogP contribution in [0.5, 0.6) is 5.75 Å². The molecule has 1 aromatic carbocycles. The lowest BCUT2D eigenvalue weighted by Crippen LogP contribution is -2.44.